The highest BCUT2D eigenvalue weighted by Crippen LogP contribution is 2.48. The molecule has 0 aromatic heterocycles. The molecule has 1 N–H and O–H groups in total. The third kappa shape index (κ3) is 3.85. The van der Waals surface area contributed by atoms with Gasteiger partial charge in [0.1, 0.15) is 0 Å². The normalized spacial score (nSPS) is 17.1. The molecule has 1 aromatic rings. The lowest BCUT2D eigenvalue weighted by molar-refractivity contribution is 0.446. The van der Waals surface area contributed by atoms with E-state index in [9.17, 15) is 0 Å². The molecule has 1 aliphatic carbocycles. The highest BCUT2D eigenvalue weighted by atomic mass is 79.9. The molecule has 0 radical (unpaired) electrons. The van der Waals surface area contributed by atoms with E-state index >= 15 is 0 Å². The van der Waals surface area contributed by atoms with Gasteiger partial charge in [0.15, 0.2) is 0 Å². The topological polar surface area (TPSA) is 12.0 Å². The predicted molar refractivity (Wildman–Crippen MR) is 77.9 cm³/mol. The fraction of sp³-hybridized carbons (Fsp3) is 0.538. The minimum absolute atomic E-state index is 0.476. The Kier molecular flexibility index (Phi) is 4.76. The highest BCUT2D eigenvalue weighted by molar-refractivity contribution is 9.10. The molecule has 17 heavy (non-hydrogen) atoms. The van der Waals surface area contributed by atoms with Crippen LogP contribution in [-0.2, 0) is 6.54 Å². The Bertz CT molecular complexity index is 391. The summed E-state index contributed by atoms with van der Waals surface area (Å²) in [7, 11) is 0. The molecule has 94 valence electrons. The molecule has 0 spiro atoms. The van der Waals surface area contributed by atoms with Crippen LogP contribution in [0.25, 0.3) is 0 Å². The number of benzene rings is 1. The van der Waals surface area contributed by atoms with Crippen molar-refractivity contribution in [3.8, 4) is 0 Å². The van der Waals surface area contributed by atoms with Crippen molar-refractivity contribution in [2.45, 2.75) is 25.8 Å². The minimum atomic E-state index is 0.476. The van der Waals surface area contributed by atoms with E-state index < -0.39 is 0 Å². The maximum Gasteiger partial charge on any atom is 0.0462 e. The lowest BCUT2D eigenvalue weighted by atomic mass is 10.0. The lowest BCUT2D eigenvalue weighted by Gasteiger charge is -2.15. The average molecular weight is 337 g/mol. The van der Waals surface area contributed by atoms with Crippen molar-refractivity contribution in [3.05, 3.63) is 33.3 Å². The summed E-state index contributed by atoms with van der Waals surface area (Å²) in [6, 6.07) is 6.01. The second-order valence-electron chi connectivity index (χ2n) is 4.78. The van der Waals surface area contributed by atoms with Gasteiger partial charge in [-0.05, 0) is 42.4 Å². The Labute approximate surface area is 121 Å². The van der Waals surface area contributed by atoms with Crippen molar-refractivity contribution in [3.63, 3.8) is 0 Å². The monoisotopic (exact) mass is 335 g/mol. The number of alkyl halides is 1. The van der Waals surface area contributed by atoms with Crippen molar-refractivity contribution < 1.29 is 0 Å². The first-order chi connectivity index (χ1) is 8.15. The van der Waals surface area contributed by atoms with Crippen LogP contribution >= 0.6 is 39.1 Å². The van der Waals surface area contributed by atoms with Gasteiger partial charge in [-0.15, -0.1) is 11.6 Å². The summed E-state index contributed by atoms with van der Waals surface area (Å²) in [6.45, 7) is 1.88. The first kappa shape index (κ1) is 13.7. The van der Waals surface area contributed by atoms with E-state index in [0.717, 1.165) is 40.4 Å². The van der Waals surface area contributed by atoms with E-state index in [1.54, 1.807) is 0 Å². The Morgan fingerprint density at radius 1 is 1.35 bits per heavy atom. The van der Waals surface area contributed by atoms with Gasteiger partial charge in [0.05, 0.1) is 0 Å². The first-order valence-corrected chi connectivity index (χ1v) is 7.56. The minimum Gasteiger partial charge on any atom is -0.312 e. The number of hydrogen-bond acceptors (Lipinski definition) is 1. The van der Waals surface area contributed by atoms with Crippen molar-refractivity contribution in [2.75, 3.05) is 12.4 Å². The van der Waals surface area contributed by atoms with Crippen LogP contribution in [0.2, 0.25) is 5.02 Å². The summed E-state index contributed by atoms with van der Waals surface area (Å²) in [5.41, 5.74) is 1.63. The smallest absolute Gasteiger partial charge is 0.0462 e. The second-order valence-corrected chi connectivity index (χ2v) is 6.48. The van der Waals surface area contributed by atoms with Gasteiger partial charge in [-0.25, -0.2) is 0 Å². The molecule has 0 aliphatic heterocycles. The van der Waals surface area contributed by atoms with Crippen LogP contribution in [0.1, 0.15) is 24.8 Å². The molecule has 1 nitrogen and oxygen atoms in total. The molecular formula is C13H16BrCl2N. The summed E-state index contributed by atoms with van der Waals surface area (Å²) in [5, 5.41) is 4.31. The molecular weight excluding hydrogens is 321 g/mol. The number of hydrogen-bond donors (Lipinski definition) is 1. The van der Waals surface area contributed by atoms with Crippen molar-refractivity contribution in [1.82, 2.24) is 5.32 Å². The molecule has 0 heterocycles. The summed E-state index contributed by atoms with van der Waals surface area (Å²) >= 11 is 15.4. The zero-order valence-electron chi connectivity index (χ0n) is 9.61. The Morgan fingerprint density at radius 2 is 2.12 bits per heavy atom. The van der Waals surface area contributed by atoms with Crippen LogP contribution in [0.4, 0.5) is 0 Å². The SMILES string of the molecule is ClCCC1(CNCc2ccc(Br)cc2Cl)CC1. The van der Waals surface area contributed by atoms with Gasteiger partial charge in [-0.2, -0.15) is 0 Å². The molecule has 1 saturated carbocycles. The van der Waals surface area contributed by atoms with Crippen molar-refractivity contribution >= 4 is 39.1 Å². The number of rotatable bonds is 6. The van der Waals surface area contributed by atoms with Gasteiger partial charge in [-0.3, -0.25) is 0 Å². The zero-order valence-corrected chi connectivity index (χ0v) is 12.7. The molecule has 0 unspecified atom stereocenters. The van der Waals surface area contributed by atoms with Crippen LogP contribution in [-0.4, -0.2) is 12.4 Å². The summed E-state index contributed by atoms with van der Waals surface area (Å²) in [6.07, 6.45) is 3.73. The predicted octanol–water partition coefficient (Wildman–Crippen LogP) is 4.60. The molecule has 0 amide bonds. The second kappa shape index (κ2) is 5.92. The molecule has 0 atom stereocenters. The Balaban J connectivity index is 1.82. The van der Waals surface area contributed by atoms with Crippen molar-refractivity contribution in [1.29, 1.82) is 0 Å². The lowest BCUT2D eigenvalue weighted by Crippen LogP contribution is -2.24. The molecule has 1 aromatic carbocycles. The summed E-state index contributed by atoms with van der Waals surface area (Å²) in [5.74, 6) is 0.765. The van der Waals surface area contributed by atoms with E-state index in [1.165, 1.54) is 12.8 Å². The van der Waals surface area contributed by atoms with Crippen LogP contribution in [0.3, 0.4) is 0 Å². The van der Waals surface area contributed by atoms with Crippen LogP contribution in [0, 0.1) is 5.41 Å². The molecule has 0 saturated heterocycles. The summed E-state index contributed by atoms with van der Waals surface area (Å²) < 4.78 is 1.02. The van der Waals surface area contributed by atoms with Gasteiger partial charge in [0, 0.05) is 28.5 Å². The van der Waals surface area contributed by atoms with Crippen molar-refractivity contribution in [2.24, 2.45) is 5.41 Å². The number of halogens is 3. The van der Waals surface area contributed by atoms with Crippen LogP contribution in [0.15, 0.2) is 22.7 Å². The Morgan fingerprint density at radius 3 is 2.71 bits per heavy atom. The third-order valence-corrected chi connectivity index (χ3v) is 4.45. The Hall–Kier alpha value is 0.240. The van der Waals surface area contributed by atoms with Gasteiger partial charge < -0.3 is 5.32 Å². The fourth-order valence-corrected chi connectivity index (χ4v) is 3.16. The van der Waals surface area contributed by atoms with E-state index in [1.807, 2.05) is 12.1 Å². The molecule has 0 bridgehead atoms. The zero-order chi connectivity index (χ0) is 12.3. The molecule has 1 aliphatic rings. The van der Waals surface area contributed by atoms with Crippen LogP contribution < -0.4 is 5.32 Å². The quantitative estimate of drug-likeness (QED) is 0.748. The largest absolute Gasteiger partial charge is 0.312 e. The maximum atomic E-state index is 6.17. The van der Waals surface area contributed by atoms with Crippen LogP contribution in [0.5, 0.6) is 0 Å². The third-order valence-electron chi connectivity index (χ3n) is 3.41. The first-order valence-electron chi connectivity index (χ1n) is 5.86. The highest BCUT2D eigenvalue weighted by Gasteiger charge is 2.41. The molecule has 2 rings (SSSR count). The average Bonchev–Trinajstić information content (AvgIpc) is 3.02. The number of nitrogens with one attached hydrogen (secondary N) is 1. The van der Waals surface area contributed by atoms with Gasteiger partial charge in [0.2, 0.25) is 0 Å². The standard InChI is InChI=1S/C13H16BrCl2N/c14-11-2-1-10(12(16)7-11)8-17-9-13(3-4-13)5-6-15/h1-2,7,17H,3-6,8-9H2. The van der Waals surface area contributed by atoms with E-state index in [2.05, 4.69) is 27.3 Å². The van der Waals surface area contributed by atoms with E-state index in [0.29, 0.717) is 5.41 Å². The van der Waals surface area contributed by atoms with Gasteiger partial charge in [-0.1, -0.05) is 33.6 Å². The van der Waals surface area contributed by atoms with E-state index in [4.69, 9.17) is 23.2 Å². The fourth-order valence-electron chi connectivity index (χ4n) is 2.02. The molecule has 4 heteroatoms. The van der Waals surface area contributed by atoms with Gasteiger partial charge >= 0.3 is 0 Å². The maximum absolute atomic E-state index is 6.17. The van der Waals surface area contributed by atoms with E-state index in [-0.39, 0.29) is 0 Å². The summed E-state index contributed by atoms with van der Waals surface area (Å²) in [4.78, 5) is 0. The molecule has 1 fully saturated rings. The van der Waals surface area contributed by atoms with Gasteiger partial charge in [0.25, 0.3) is 0 Å².